The predicted octanol–water partition coefficient (Wildman–Crippen LogP) is 5.45. The zero-order valence-electron chi connectivity index (χ0n) is 22.9. The molecule has 2 amide bonds. The van der Waals surface area contributed by atoms with Crippen LogP contribution in [0.25, 0.3) is 0 Å². The molecule has 3 aromatic carbocycles. The molecule has 1 unspecified atom stereocenters. The molecule has 214 valence electrons. The minimum Gasteiger partial charge on any atom is -0.497 e. The summed E-state index contributed by atoms with van der Waals surface area (Å²) in [7, 11) is -2.67. The van der Waals surface area contributed by atoms with Crippen LogP contribution in [0.2, 0.25) is 10.0 Å². The second-order valence-electron chi connectivity index (χ2n) is 9.26. The zero-order chi connectivity index (χ0) is 29.4. The molecule has 1 N–H and O–H groups in total. The van der Waals surface area contributed by atoms with Gasteiger partial charge in [0.25, 0.3) is 10.0 Å². The van der Waals surface area contributed by atoms with Gasteiger partial charge in [-0.3, -0.25) is 13.9 Å². The van der Waals surface area contributed by atoms with Gasteiger partial charge in [-0.1, -0.05) is 60.0 Å². The number of benzene rings is 3. The summed E-state index contributed by atoms with van der Waals surface area (Å²) < 4.78 is 34.0. The van der Waals surface area contributed by atoms with Crippen LogP contribution in [0.1, 0.15) is 31.4 Å². The SMILES string of the molecule is CCCNC(=O)C(C)N(Cc1cccc(OC)c1)C(=O)CN(c1ccc(Cl)c(Cl)c1)S(=O)(=O)c1ccc(C)cc1. The van der Waals surface area contributed by atoms with E-state index in [0.29, 0.717) is 17.9 Å². The highest BCUT2D eigenvalue weighted by Crippen LogP contribution is 2.31. The van der Waals surface area contributed by atoms with Crippen LogP contribution < -0.4 is 14.4 Å². The van der Waals surface area contributed by atoms with Crippen molar-refractivity contribution in [2.75, 3.05) is 24.5 Å². The molecule has 0 saturated heterocycles. The number of carbonyl (C=O) groups excluding carboxylic acids is 2. The maximum atomic E-state index is 13.9. The van der Waals surface area contributed by atoms with E-state index in [1.165, 1.54) is 42.3 Å². The van der Waals surface area contributed by atoms with Gasteiger partial charge in [0.1, 0.15) is 18.3 Å². The third-order valence-electron chi connectivity index (χ3n) is 6.28. The molecule has 0 aliphatic heterocycles. The van der Waals surface area contributed by atoms with Crippen molar-refractivity contribution in [3.05, 3.63) is 87.9 Å². The number of anilines is 1. The Hall–Kier alpha value is -3.27. The molecule has 0 aliphatic rings. The predicted molar refractivity (Wildman–Crippen MR) is 158 cm³/mol. The standard InChI is InChI=1S/C29H33Cl2N3O5S/c1-5-15-32-29(36)21(3)33(18-22-7-6-8-24(16-22)39-4)28(35)19-34(23-11-14-26(30)27(31)17-23)40(37,38)25-12-9-20(2)10-13-25/h6-14,16-17,21H,5,15,18-19H2,1-4H3,(H,32,36). The van der Waals surface area contributed by atoms with Crippen LogP contribution in [0.4, 0.5) is 5.69 Å². The van der Waals surface area contributed by atoms with E-state index in [4.69, 9.17) is 27.9 Å². The molecule has 11 heteroatoms. The summed E-state index contributed by atoms with van der Waals surface area (Å²) >= 11 is 12.3. The number of ether oxygens (including phenoxy) is 1. The molecule has 0 saturated carbocycles. The molecular formula is C29H33Cl2N3O5S. The number of nitrogens with one attached hydrogen (secondary N) is 1. The normalized spacial score (nSPS) is 11.9. The number of hydrogen-bond acceptors (Lipinski definition) is 5. The van der Waals surface area contributed by atoms with Gasteiger partial charge in [0, 0.05) is 13.1 Å². The van der Waals surface area contributed by atoms with Gasteiger partial charge in [-0.2, -0.15) is 0 Å². The topological polar surface area (TPSA) is 96.0 Å². The Bertz CT molecular complexity index is 1450. The highest BCUT2D eigenvalue weighted by molar-refractivity contribution is 7.92. The van der Waals surface area contributed by atoms with Crippen molar-refractivity contribution in [2.24, 2.45) is 0 Å². The van der Waals surface area contributed by atoms with Gasteiger partial charge in [-0.25, -0.2) is 8.42 Å². The van der Waals surface area contributed by atoms with Crippen LogP contribution in [0, 0.1) is 6.92 Å². The smallest absolute Gasteiger partial charge is 0.264 e. The summed E-state index contributed by atoms with van der Waals surface area (Å²) in [6.07, 6.45) is 0.724. The summed E-state index contributed by atoms with van der Waals surface area (Å²) in [6, 6.07) is 16.9. The third kappa shape index (κ3) is 7.68. The lowest BCUT2D eigenvalue weighted by molar-refractivity contribution is -0.139. The van der Waals surface area contributed by atoms with Crippen LogP contribution in [0.15, 0.2) is 71.6 Å². The first-order valence-corrected chi connectivity index (χ1v) is 14.9. The van der Waals surface area contributed by atoms with Crippen LogP contribution in [-0.2, 0) is 26.2 Å². The molecular weight excluding hydrogens is 573 g/mol. The average Bonchev–Trinajstić information content (AvgIpc) is 2.94. The van der Waals surface area contributed by atoms with Crippen molar-refractivity contribution in [2.45, 2.75) is 44.7 Å². The quantitative estimate of drug-likeness (QED) is 0.296. The van der Waals surface area contributed by atoms with Crippen molar-refractivity contribution in [3.63, 3.8) is 0 Å². The van der Waals surface area contributed by atoms with E-state index in [-0.39, 0.29) is 33.1 Å². The molecule has 40 heavy (non-hydrogen) atoms. The second-order valence-corrected chi connectivity index (χ2v) is 11.9. The Kier molecular flexibility index (Phi) is 10.8. The van der Waals surface area contributed by atoms with Crippen LogP contribution in [0.5, 0.6) is 5.75 Å². The Morgan fingerprint density at radius 2 is 1.70 bits per heavy atom. The summed E-state index contributed by atoms with van der Waals surface area (Å²) in [4.78, 5) is 28.3. The monoisotopic (exact) mass is 605 g/mol. The summed E-state index contributed by atoms with van der Waals surface area (Å²) in [5, 5.41) is 3.19. The number of hydrogen-bond donors (Lipinski definition) is 1. The highest BCUT2D eigenvalue weighted by atomic mass is 35.5. The van der Waals surface area contributed by atoms with Crippen molar-refractivity contribution < 1.29 is 22.7 Å². The lowest BCUT2D eigenvalue weighted by Crippen LogP contribution is -2.51. The molecule has 1 atom stereocenters. The summed E-state index contributed by atoms with van der Waals surface area (Å²) in [5.74, 6) is -0.336. The number of sulfonamides is 1. The summed E-state index contributed by atoms with van der Waals surface area (Å²) in [5.41, 5.74) is 1.76. The number of nitrogens with zero attached hydrogens (tertiary/aromatic N) is 2. The molecule has 0 heterocycles. The Morgan fingerprint density at radius 1 is 1.00 bits per heavy atom. The number of halogens is 2. The van der Waals surface area contributed by atoms with Crippen molar-refractivity contribution >= 4 is 50.7 Å². The number of methoxy groups -OCH3 is 1. The van der Waals surface area contributed by atoms with E-state index in [2.05, 4.69) is 5.32 Å². The number of rotatable bonds is 12. The van der Waals surface area contributed by atoms with Crippen LogP contribution in [0.3, 0.4) is 0 Å². The highest BCUT2D eigenvalue weighted by Gasteiger charge is 2.32. The minimum absolute atomic E-state index is 0.00468. The van der Waals surface area contributed by atoms with E-state index >= 15 is 0 Å². The molecule has 3 rings (SSSR count). The second kappa shape index (κ2) is 13.9. The molecule has 8 nitrogen and oxygen atoms in total. The number of amides is 2. The van der Waals surface area contributed by atoms with E-state index in [1.54, 1.807) is 43.3 Å². The average molecular weight is 607 g/mol. The first kappa shape index (κ1) is 31.3. The molecule has 0 radical (unpaired) electrons. The van der Waals surface area contributed by atoms with Crippen molar-refractivity contribution in [1.29, 1.82) is 0 Å². The van der Waals surface area contributed by atoms with Gasteiger partial charge in [-0.05, 0) is 68.3 Å². The fraction of sp³-hybridized carbons (Fsp3) is 0.310. The van der Waals surface area contributed by atoms with Gasteiger partial charge >= 0.3 is 0 Å². The third-order valence-corrected chi connectivity index (χ3v) is 8.81. The first-order valence-electron chi connectivity index (χ1n) is 12.7. The van der Waals surface area contributed by atoms with Crippen LogP contribution >= 0.6 is 23.2 Å². The Morgan fingerprint density at radius 3 is 2.33 bits per heavy atom. The largest absolute Gasteiger partial charge is 0.497 e. The van der Waals surface area contributed by atoms with Gasteiger partial charge in [0.05, 0.1) is 27.7 Å². The maximum absolute atomic E-state index is 13.9. The Balaban J connectivity index is 2.05. The fourth-order valence-electron chi connectivity index (χ4n) is 3.95. The van der Waals surface area contributed by atoms with Crippen LogP contribution in [-0.4, -0.2) is 51.4 Å². The van der Waals surface area contributed by atoms with Gasteiger partial charge in [0.15, 0.2) is 0 Å². The van der Waals surface area contributed by atoms with Gasteiger partial charge in [-0.15, -0.1) is 0 Å². The fourth-order valence-corrected chi connectivity index (χ4v) is 5.65. The zero-order valence-corrected chi connectivity index (χ0v) is 25.2. The van der Waals surface area contributed by atoms with E-state index < -0.39 is 28.5 Å². The van der Waals surface area contributed by atoms with Crippen molar-refractivity contribution in [1.82, 2.24) is 10.2 Å². The molecule has 0 aromatic heterocycles. The molecule has 0 spiro atoms. The number of aryl methyl sites for hydroxylation is 1. The molecule has 0 fully saturated rings. The summed E-state index contributed by atoms with van der Waals surface area (Å²) in [6.45, 7) is 5.30. The van der Waals surface area contributed by atoms with Gasteiger partial charge < -0.3 is 15.0 Å². The molecule has 3 aromatic rings. The van der Waals surface area contributed by atoms with E-state index in [1.807, 2.05) is 13.8 Å². The first-order chi connectivity index (χ1) is 19.0. The lowest BCUT2D eigenvalue weighted by Gasteiger charge is -2.32. The minimum atomic E-state index is -4.21. The van der Waals surface area contributed by atoms with Gasteiger partial charge in [0.2, 0.25) is 11.8 Å². The van der Waals surface area contributed by atoms with E-state index in [0.717, 1.165) is 16.3 Å². The lowest BCUT2D eigenvalue weighted by atomic mass is 10.1. The van der Waals surface area contributed by atoms with E-state index in [9.17, 15) is 18.0 Å². The molecule has 0 bridgehead atoms. The molecule has 0 aliphatic carbocycles. The maximum Gasteiger partial charge on any atom is 0.264 e. The van der Waals surface area contributed by atoms with Crippen molar-refractivity contribution in [3.8, 4) is 5.75 Å². The number of carbonyl (C=O) groups is 2. The Labute approximate surface area is 245 Å².